The van der Waals surface area contributed by atoms with Crippen LogP contribution in [-0.2, 0) is 9.59 Å². The SMILES string of the molecule is CC(=O)N(c1nc2cc3nc(N(C(C)=O)N(C)C)sc3cc2s1)N(C)C. The summed E-state index contributed by atoms with van der Waals surface area (Å²) in [6.07, 6.45) is 0. The van der Waals surface area contributed by atoms with Crippen LogP contribution < -0.4 is 10.0 Å². The molecule has 2 heterocycles. The van der Waals surface area contributed by atoms with Crippen molar-refractivity contribution in [1.29, 1.82) is 0 Å². The summed E-state index contributed by atoms with van der Waals surface area (Å²) in [5.41, 5.74) is 1.56. The predicted molar refractivity (Wildman–Crippen MR) is 106 cm³/mol. The molecule has 0 radical (unpaired) electrons. The highest BCUT2D eigenvalue weighted by molar-refractivity contribution is 7.24. The van der Waals surface area contributed by atoms with Crippen LogP contribution in [-0.4, -0.2) is 60.0 Å². The zero-order chi connectivity index (χ0) is 19.2. The van der Waals surface area contributed by atoms with E-state index in [1.54, 1.807) is 38.2 Å². The lowest BCUT2D eigenvalue weighted by Gasteiger charge is -2.24. The van der Waals surface area contributed by atoms with Gasteiger partial charge in [-0.25, -0.2) is 30.0 Å². The lowest BCUT2D eigenvalue weighted by atomic mass is 10.3. The van der Waals surface area contributed by atoms with Crippen molar-refractivity contribution in [3.05, 3.63) is 12.1 Å². The summed E-state index contributed by atoms with van der Waals surface area (Å²) in [6, 6.07) is 3.90. The van der Waals surface area contributed by atoms with Gasteiger partial charge in [0, 0.05) is 42.0 Å². The molecular formula is C16H20N6O2S2. The highest BCUT2D eigenvalue weighted by Gasteiger charge is 2.21. The zero-order valence-corrected chi connectivity index (χ0v) is 17.1. The number of thiazole rings is 2. The number of anilines is 2. The van der Waals surface area contributed by atoms with Crippen LogP contribution in [0.2, 0.25) is 0 Å². The molecule has 0 bridgehead atoms. The Morgan fingerprint density at radius 2 is 1.15 bits per heavy atom. The third-order valence-corrected chi connectivity index (χ3v) is 5.62. The monoisotopic (exact) mass is 392 g/mol. The topological polar surface area (TPSA) is 72.9 Å². The van der Waals surface area contributed by atoms with Crippen LogP contribution in [0.25, 0.3) is 20.4 Å². The average Bonchev–Trinajstić information content (AvgIpc) is 3.05. The summed E-state index contributed by atoms with van der Waals surface area (Å²) >= 11 is 2.89. The fourth-order valence-electron chi connectivity index (χ4n) is 2.68. The number of rotatable bonds is 4. The van der Waals surface area contributed by atoms with Gasteiger partial charge in [-0.1, -0.05) is 22.7 Å². The molecule has 0 fully saturated rings. The van der Waals surface area contributed by atoms with E-state index in [2.05, 4.69) is 9.97 Å². The van der Waals surface area contributed by atoms with Gasteiger partial charge in [-0.3, -0.25) is 9.59 Å². The number of fused-ring (bicyclic) bond motifs is 2. The molecule has 0 N–H and O–H groups in total. The lowest BCUT2D eigenvalue weighted by molar-refractivity contribution is -0.119. The maximum absolute atomic E-state index is 11.9. The maximum atomic E-state index is 11.9. The number of hydrogen-bond donors (Lipinski definition) is 0. The van der Waals surface area contributed by atoms with Gasteiger partial charge in [0.1, 0.15) is 0 Å². The molecule has 26 heavy (non-hydrogen) atoms. The number of carbonyl (C=O) groups excluding carboxylic acids is 2. The Morgan fingerprint density at radius 1 is 0.769 bits per heavy atom. The van der Waals surface area contributed by atoms with Crippen LogP contribution in [0.3, 0.4) is 0 Å². The Labute approximate surface area is 159 Å². The molecule has 3 aromatic rings. The fraction of sp³-hybridized carbons (Fsp3) is 0.375. The number of carbonyl (C=O) groups is 2. The van der Waals surface area contributed by atoms with Crippen LogP contribution in [0, 0.1) is 0 Å². The van der Waals surface area contributed by atoms with E-state index in [0.29, 0.717) is 10.3 Å². The normalized spacial score (nSPS) is 11.7. The largest absolute Gasteiger partial charge is 0.273 e. The lowest BCUT2D eigenvalue weighted by Crippen LogP contribution is -2.40. The van der Waals surface area contributed by atoms with E-state index in [4.69, 9.17) is 0 Å². The van der Waals surface area contributed by atoms with E-state index >= 15 is 0 Å². The average molecular weight is 393 g/mol. The minimum Gasteiger partial charge on any atom is -0.273 e. The Kier molecular flexibility index (Phi) is 4.93. The fourth-order valence-corrected chi connectivity index (χ4v) is 4.97. The summed E-state index contributed by atoms with van der Waals surface area (Å²) in [5, 5.41) is 7.71. The third kappa shape index (κ3) is 3.28. The van der Waals surface area contributed by atoms with Crippen molar-refractivity contribution in [3.8, 4) is 0 Å². The second-order valence-corrected chi connectivity index (χ2v) is 8.15. The van der Waals surface area contributed by atoms with Crippen LogP contribution in [0.1, 0.15) is 13.8 Å². The first-order valence-electron chi connectivity index (χ1n) is 7.86. The van der Waals surface area contributed by atoms with Crippen molar-refractivity contribution in [2.75, 3.05) is 38.2 Å². The van der Waals surface area contributed by atoms with Gasteiger partial charge in [0.05, 0.1) is 20.4 Å². The van der Waals surface area contributed by atoms with Crippen molar-refractivity contribution in [2.24, 2.45) is 0 Å². The smallest absolute Gasteiger partial charge is 0.240 e. The number of amides is 2. The highest BCUT2D eigenvalue weighted by Crippen LogP contribution is 2.36. The van der Waals surface area contributed by atoms with Crippen molar-refractivity contribution in [3.63, 3.8) is 0 Å². The quantitative estimate of drug-likeness (QED) is 0.636. The van der Waals surface area contributed by atoms with Crippen LogP contribution in [0.4, 0.5) is 10.3 Å². The maximum Gasteiger partial charge on any atom is 0.240 e. The van der Waals surface area contributed by atoms with Gasteiger partial charge in [-0.05, 0) is 12.1 Å². The first-order chi connectivity index (χ1) is 12.2. The summed E-state index contributed by atoms with van der Waals surface area (Å²) in [7, 11) is 7.21. The van der Waals surface area contributed by atoms with E-state index in [1.165, 1.54) is 46.5 Å². The summed E-state index contributed by atoms with van der Waals surface area (Å²) in [4.78, 5) is 33.0. The molecule has 0 saturated carbocycles. The van der Waals surface area contributed by atoms with Gasteiger partial charge < -0.3 is 0 Å². The van der Waals surface area contributed by atoms with Gasteiger partial charge in [0.25, 0.3) is 0 Å². The van der Waals surface area contributed by atoms with Crippen LogP contribution >= 0.6 is 22.7 Å². The van der Waals surface area contributed by atoms with Gasteiger partial charge in [-0.15, -0.1) is 0 Å². The summed E-state index contributed by atoms with van der Waals surface area (Å²) < 4.78 is 1.94. The predicted octanol–water partition coefficient (Wildman–Crippen LogP) is 2.57. The molecule has 0 aliphatic heterocycles. The first-order valence-corrected chi connectivity index (χ1v) is 9.49. The molecule has 2 amide bonds. The molecule has 3 rings (SSSR count). The highest BCUT2D eigenvalue weighted by atomic mass is 32.1. The second kappa shape index (κ2) is 6.88. The second-order valence-electron chi connectivity index (χ2n) is 6.14. The Morgan fingerprint density at radius 3 is 1.46 bits per heavy atom. The Hall–Kier alpha value is -2.14. The number of aromatic nitrogens is 2. The van der Waals surface area contributed by atoms with Crippen LogP contribution in [0.15, 0.2) is 12.1 Å². The van der Waals surface area contributed by atoms with Crippen molar-refractivity contribution in [1.82, 2.24) is 20.0 Å². The third-order valence-electron chi connectivity index (χ3n) is 3.63. The van der Waals surface area contributed by atoms with Crippen molar-refractivity contribution < 1.29 is 9.59 Å². The molecule has 0 spiro atoms. The minimum absolute atomic E-state index is 0.0978. The molecule has 0 atom stereocenters. The van der Waals surface area contributed by atoms with E-state index in [0.717, 1.165) is 20.4 Å². The van der Waals surface area contributed by atoms with E-state index in [-0.39, 0.29) is 11.8 Å². The first kappa shape index (κ1) is 18.6. The molecule has 8 nitrogen and oxygen atoms in total. The number of hydrogen-bond acceptors (Lipinski definition) is 8. The Balaban J connectivity index is 2.08. The molecule has 0 aliphatic carbocycles. The van der Waals surface area contributed by atoms with E-state index in [1.807, 2.05) is 12.1 Å². The molecule has 10 heteroatoms. The molecule has 0 aliphatic rings. The van der Waals surface area contributed by atoms with Crippen LogP contribution in [0.5, 0.6) is 0 Å². The molecule has 1 aromatic carbocycles. The van der Waals surface area contributed by atoms with E-state index < -0.39 is 0 Å². The number of nitrogens with zero attached hydrogens (tertiary/aromatic N) is 6. The molecule has 0 saturated heterocycles. The molecule has 2 aromatic heterocycles. The van der Waals surface area contributed by atoms with Gasteiger partial charge >= 0.3 is 0 Å². The van der Waals surface area contributed by atoms with Gasteiger partial charge in [0.15, 0.2) is 0 Å². The number of benzene rings is 1. The Bertz CT molecular complexity index is 867. The molecular weight excluding hydrogens is 372 g/mol. The zero-order valence-electron chi connectivity index (χ0n) is 15.5. The number of hydrazine groups is 2. The van der Waals surface area contributed by atoms with Gasteiger partial charge in [-0.2, -0.15) is 0 Å². The van der Waals surface area contributed by atoms with Crippen molar-refractivity contribution in [2.45, 2.75) is 13.8 Å². The standard InChI is InChI=1S/C16H20N6O2S2/c1-9(23)21(19(3)4)15-17-11-7-12-14(8-13(11)25-15)26-16(18-12)22(10(2)24)20(5)6/h7-8H,1-6H3. The summed E-state index contributed by atoms with van der Waals surface area (Å²) in [5.74, 6) is -0.196. The summed E-state index contributed by atoms with van der Waals surface area (Å²) in [6.45, 7) is 3.02. The molecule has 138 valence electrons. The molecule has 0 unspecified atom stereocenters. The van der Waals surface area contributed by atoms with Crippen molar-refractivity contribution >= 4 is 65.2 Å². The minimum atomic E-state index is -0.0978. The van der Waals surface area contributed by atoms with E-state index in [9.17, 15) is 9.59 Å². The van der Waals surface area contributed by atoms with Gasteiger partial charge in [0.2, 0.25) is 22.1 Å².